The molecule has 0 spiro atoms. The highest BCUT2D eigenvalue weighted by Gasteiger charge is 2.02. The van der Waals surface area contributed by atoms with Crippen molar-refractivity contribution in [3.05, 3.63) is 11.6 Å². The monoisotopic (exact) mass is 141 g/mol. The zero-order valence-electron chi connectivity index (χ0n) is 7.35. The summed E-state index contributed by atoms with van der Waals surface area (Å²) in [7, 11) is 0. The van der Waals surface area contributed by atoms with E-state index < -0.39 is 0 Å². The number of rotatable bonds is 4. The van der Waals surface area contributed by atoms with Crippen molar-refractivity contribution in [2.45, 2.75) is 33.6 Å². The Hall–Kier alpha value is -0.300. The summed E-state index contributed by atoms with van der Waals surface area (Å²) in [6.45, 7) is 7.30. The molecule has 0 aromatic heterocycles. The Morgan fingerprint density at radius 2 is 2.10 bits per heavy atom. The molecule has 2 N–H and O–H groups in total. The molecule has 60 valence electrons. The highest BCUT2D eigenvalue weighted by Crippen LogP contribution is 2.12. The van der Waals surface area contributed by atoms with Crippen molar-refractivity contribution in [1.29, 1.82) is 0 Å². The Balaban J connectivity index is 3.92. The molecule has 0 rings (SSSR count). The molecule has 0 radical (unpaired) electrons. The van der Waals surface area contributed by atoms with E-state index in [9.17, 15) is 0 Å². The lowest BCUT2D eigenvalue weighted by Gasteiger charge is -2.10. The minimum atomic E-state index is 0.671. The van der Waals surface area contributed by atoms with E-state index in [-0.39, 0.29) is 0 Å². The normalized spacial score (nSPS) is 15.4. The first-order chi connectivity index (χ1) is 4.76. The van der Waals surface area contributed by atoms with E-state index in [4.69, 9.17) is 5.73 Å². The quantitative estimate of drug-likeness (QED) is 0.597. The third kappa shape index (κ3) is 3.02. The van der Waals surface area contributed by atoms with Crippen LogP contribution in [0, 0.1) is 5.92 Å². The topological polar surface area (TPSA) is 26.0 Å². The van der Waals surface area contributed by atoms with Crippen LogP contribution in [0.25, 0.3) is 0 Å². The minimum absolute atomic E-state index is 0.671. The van der Waals surface area contributed by atoms with Gasteiger partial charge in [-0.1, -0.05) is 32.4 Å². The van der Waals surface area contributed by atoms with Gasteiger partial charge >= 0.3 is 0 Å². The fourth-order valence-corrected chi connectivity index (χ4v) is 1.01. The molecule has 0 fully saturated rings. The van der Waals surface area contributed by atoms with E-state index in [1.54, 1.807) is 0 Å². The molecule has 1 heteroatoms. The van der Waals surface area contributed by atoms with Gasteiger partial charge in [0.15, 0.2) is 0 Å². The largest absolute Gasteiger partial charge is 0.327 e. The van der Waals surface area contributed by atoms with Gasteiger partial charge in [-0.2, -0.15) is 0 Å². The Morgan fingerprint density at radius 3 is 2.40 bits per heavy atom. The molecule has 1 nitrogen and oxygen atoms in total. The van der Waals surface area contributed by atoms with Crippen molar-refractivity contribution >= 4 is 0 Å². The summed E-state index contributed by atoms with van der Waals surface area (Å²) < 4.78 is 0. The first kappa shape index (κ1) is 9.70. The van der Waals surface area contributed by atoms with Crippen LogP contribution >= 0.6 is 0 Å². The molecule has 0 aromatic rings. The van der Waals surface area contributed by atoms with Crippen LogP contribution in [0.15, 0.2) is 11.6 Å². The zero-order chi connectivity index (χ0) is 7.98. The average molecular weight is 141 g/mol. The predicted molar refractivity (Wildman–Crippen MR) is 46.9 cm³/mol. The molecule has 10 heavy (non-hydrogen) atoms. The lowest BCUT2D eigenvalue weighted by atomic mass is 9.98. The fourth-order valence-electron chi connectivity index (χ4n) is 1.01. The highest BCUT2D eigenvalue weighted by atomic mass is 14.5. The van der Waals surface area contributed by atoms with Gasteiger partial charge in [0.2, 0.25) is 0 Å². The maximum Gasteiger partial charge on any atom is 0.0139 e. The summed E-state index contributed by atoms with van der Waals surface area (Å²) >= 11 is 0. The molecular weight excluding hydrogens is 122 g/mol. The van der Waals surface area contributed by atoms with Crippen LogP contribution in [0.3, 0.4) is 0 Å². The first-order valence-electron chi connectivity index (χ1n) is 4.15. The molecule has 1 atom stereocenters. The molecule has 0 bridgehead atoms. The van der Waals surface area contributed by atoms with Gasteiger partial charge in [-0.05, 0) is 18.8 Å². The maximum atomic E-state index is 5.57. The third-order valence-electron chi connectivity index (χ3n) is 1.95. The van der Waals surface area contributed by atoms with E-state index in [1.165, 1.54) is 12.0 Å². The van der Waals surface area contributed by atoms with E-state index in [0.717, 1.165) is 13.0 Å². The van der Waals surface area contributed by atoms with Crippen LogP contribution in [-0.2, 0) is 0 Å². The molecule has 1 unspecified atom stereocenters. The smallest absolute Gasteiger partial charge is 0.0139 e. The van der Waals surface area contributed by atoms with E-state index in [1.807, 2.05) is 0 Å². The first-order valence-corrected chi connectivity index (χ1v) is 4.15. The second-order valence-corrected chi connectivity index (χ2v) is 2.70. The molecule has 0 aliphatic carbocycles. The molecule has 0 heterocycles. The molecule has 0 saturated heterocycles. The maximum absolute atomic E-state index is 5.57. The Kier molecular flexibility index (Phi) is 5.32. The van der Waals surface area contributed by atoms with Gasteiger partial charge in [-0.3, -0.25) is 0 Å². The number of allylic oxidation sites excluding steroid dienone is 1. The Morgan fingerprint density at radius 1 is 1.50 bits per heavy atom. The Labute approximate surface area is 64.3 Å². The molecule has 0 aromatic carbocycles. The van der Waals surface area contributed by atoms with Gasteiger partial charge in [-0.15, -0.1) is 0 Å². The predicted octanol–water partition coefficient (Wildman–Crippen LogP) is 2.33. The molecule has 0 aliphatic heterocycles. The molecule has 0 amide bonds. The van der Waals surface area contributed by atoms with Crippen molar-refractivity contribution in [3.8, 4) is 0 Å². The van der Waals surface area contributed by atoms with Gasteiger partial charge in [0.05, 0.1) is 0 Å². The number of hydrogen-bond donors (Lipinski definition) is 1. The lowest BCUT2D eigenvalue weighted by Crippen LogP contribution is -2.09. The summed E-state index contributed by atoms with van der Waals surface area (Å²) in [5.41, 5.74) is 6.97. The van der Waals surface area contributed by atoms with Crippen molar-refractivity contribution in [3.63, 3.8) is 0 Å². The van der Waals surface area contributed by atoms with Crippen LogP contribution in [0.4, 0.5) is 0 Å². The summed E-state index contributed by atoms with van der Waals surface area (Å²) in [5, 5.41) is 0. The van der Waals surface area contributed by atoms with Gasteiger partial charge in [0.25, 0.3) is 0 Å². The number of hydrogen-bond acceptors (Lipinski definition) is 1. The van der Waals surface area contributed by atoms with Crippen molar-refractivity contribution < 1.29 is 0 Å². The second-order valence-electron chi connectivity index (χ2n) is 2.70. The van der Waals surface area contributed by atoms with Crippen LogP contribution in [0.1, 0.15) is 33.6 Å². The lowest BCUT2D eigenvalue weighted by molar-refractivity contribution is 0.639. The standard InChI is InChI=1S/C9H19N/c1-4-6-9(7-10)8(3)5-2/h6,8H,4-5,7,10H2,1-3H3/b9-6+. The van der Waals surface area contributed by atoms with Crippen LogP contribution in [-0.4, -0.2) is 6.54 Å². The SMILES string of the molecule is CC/C=C(\CN)C(C)CC. The minimum Gasteiger partial charge on any atom is -0.327 e. The van der Waals surface area contributed by atoms with Gasteiger partial charge in [0, 0.05) is 6.54 Å². The average Bonchev–Trinajstić information content (AvgIpc) is 1.99. The van der Waals surface area contributed by atoms with Gasteiger partial charge < -0.3 is 5.73 Å². The van der Waals surface area contributed by atoms with E-state index >= 15 is 0 Å². The summed E-state index contributed by atoms with van der Waals surface area (Å²) in [5.74, 6) is 0.671. The van der Waals surface area contributed by atoms with E-state index in [2.05, 4.69) is 26.8 Å². The molecular formula is C9H19N. The Bertz CT molecular complexity index is 105. The van der Waals surface area contributed by atoms with E-state index in [0.29, 0.717) is 5.92 Å². The van der Waals surface area contributed by atoms with Crippen LogP contribution in [0.2, 0.25) is 0 Å². The number of nitrogens with two attached hydrogens (primary N) is 1. The van der Waals surface area contributed by atoms with Crippen molar-refractivity contribution in [2.24, 2.45) is 11.7 Å². The third-order valence-corrected chi connectivity index (χ3v) is 1.95. The van der Waals surface area contributed by atoms with Gasteiger partial charge in [-0.25, -0.2) is 0 Å². The molecule has 0 aliphatic rings. The summed E-state index contributed by atoms with van der Waals surface area (Å²) in [6, 6.07) is 0. The van der Waals surface area contributed by atoms with Crippen molar-refractivity contribution in [2.75, 3.05) is 6.54 Å². The zero-order valence-corrected chi connectivity index (χ0v) is 7.35. The molecule has 0 saturated carbocycles. The highest BCUT2D eigenvalue weighted by molar-refractivity contribution is 5.06. The fraction of sp³-hybridized carbons (Fsp3) is 0.778. The summed E-state index contributed by atoms with van der Waals surface area (Å²) in [6.07, 6.45) is 4.55. The summed E-state index contributed by atoms with van der Waals surface area (Å²) in [4.78, 5) is 0. The van der Waals surface area contributed by atoms with Crippen molar-refractivity contribution in [1.82, 2.24) is 0 Å². The van der Waals surface area contributed by atoms with Crippen LogP contribution in [0.5, 0.6) is 0 Å². The van der Waals surface area contributed by atoms with Crippen LogP contribution < -0.4 is 5.73 Å². The second kappa shape index (κ2) is 5.48. The van der Waals surface area contributed by atoms with Gasteiger partial charge in [0.1, 0.15) is 0 Å².